The van der Waals surface area contributed by atoms with Gasteiger partial charge < -0.3 is 27.0 Å². The molecule has 0 radical (unpaired) electrons. The monoisotopic (exact) mass is 851 g/mol. The molecule has 0 aliphatic rings. The van der Waals surface area contributed by atoms with Gasteiger partial charge in [-0.15, -0.1) is 11.3 Å². The van der Waals surface area contributed by atoms with Crippen LogP contribution in [0.15, 0.2) is 95.3 Å². The summed E-state index contributed by atoms with van der Waals surface area (Å²) in [5, 5.41) is 86.3. The molecule has 5 aromatic rings. The largest absolute Gasteiger partial charge is 0.497 e. The maximum atomic E-state index is 10.4. The van der Waals surface area contributed by atoms with E-state index in [1.54, 1.807) is 0 Å². The molecule has 0 amide bonds. The summed E-state index contributed by atoms with van der Waals surface area (Å²) < 4.78 is 0. The minimum absolute atomic E-state index is 0.331. The molecule has 0 saturated carbocycles. The molecule has 0 saturated heterocycles. The van der Waals surface area contributed by atoms with Crippen molar-refractivity contribution in [1.29, 1.82) is 0 Å². The number of anilines is 1. The highest BCUT2D eigenvalue weighted by atomic mass is 32.1. The van der Waals surface area contributed by atoms with E-state index in [0.29, 0.717) is 47.8 Å². The molecule has 0 spiro atoms. The lowest BCUT2D eigenvalue weighted by molar-refractivity contribution is -0.404. The summed E-state index contributed by atoms with van der Waals surface area (Å²) >= 11 is 1.47. The van der Waals surface area contributed by atoms with E-state index in [4.69, 9.17) is 21.7 Å². The van der Waals surface area contributed by atoms with Gasteiger partial charge in [-0.1, -0.05) is 60.7 Å². The van der Waals surface area contributed by atoms with Crippen molar-refractivity contribution in [3.8, 4) is 11.5 Å². The number of hydrogen-bond acceptors (Lipinski definition) is 18. The van der Waals surface area contributed by atoms with Crippen molar-refractivity contribution >= 4 is 56.6 Å². The van der Waals surface area contributed by atoms with Gasteiger partial charge in [-0.2, -0.15) is 0 Å². The molecule has 314 valence electrons. The molecule has 60 heavy (non-hydrogen) atoms. The van der Waals surface area contributed by atoms with Gasteiger partial charge in [0.1, 0.15) is 0 Å². The van der Waals surface area contributed by atoms with Crippen LogP contribution in [-0.4, -0.2) is 63.8 Å². The van der Waals surface area contributed by atoms with E-state index in [0.717, 1.165) is 31.5 Å². The smallest absolute Gasteiger partial charge is 0.324 e. The van der Waals surface area contributed by atoms with Gasteiger partial charge in [-0.05, 0) is 30.4 Å². The minimum atomic E-state index is -1.21. The molecular formula is C34H33N11O14S. The predicted molar refractivity (Wildman–Crippen MR) is 215 cm³/mol. The van der Waals surface area contributed by atoms with Crippen LogP contribution in [0.3, 0.4) is 0 Å². The second-order valence-corrected chi connectivity index (χ2v) is 12.7. The molecule has 0 bridgehead atoms. The molecule has 0 fully saturated rings. The standard InChI is InChI=1S/C22H27N5S.2C6H3N3O7/c23-21(25-14-7-12-19-16-28-22(24)27-19)26-15-13-20(17-8-3-1-4-9-17)18-10-5-2-6-11-18;2*10-6-4(8(13)14)1-3(7(11)12)2-5(6)9(15)16/h1-6,8-11,16,20H,7,12-15H2,(H2,24,27)(H3,23,25,26);2*1-2,10H. The average Bonchev–Trinajstić information content (AvgIpc) is 3.63. The Morgan fingerprint density at radius 2 is 1.08 bits per heavy atom. The van der Waals surface area contributed by atoms with Crippen molar-refractivity contribution in [2.24, 2.45) is 10.7 Å². The van der Waals surface area contributed by atoms with Crippen LogP contribution >= 0.6 is 11.3 Å². The quantitative estimate of drug-likeness (QED) is 0.0264. The predicted octanol–water partition coefficient (Wildman–Crippen LogP) is 6.02. The summed E-state index contributed by atoms with van der Waals surface area (Å²) in [6.45, 7) is 1.45. The maximum Gasteiger partial charge on any atom is 0.324 e. The molecule has 0 aliphatic carbocycles. The molecule has 0 unspecified atom stereocenters. The number of nitrogens with zero attached hydrogens (tertiary/aromatic N) is 8. The van der Waals surface area contributed by atoms with E-state index in [1.807, 2.05) is 5.38 Å². The van der Waals surface area contributed by atoms with Crippen molar-refractivity contribution < 1.29 is 39.8 Å². The van der Waals surface area contributed by atoms with Crippen LogP contribution in [0, 0.1) is 60.7 Å². The molecule has 5 rings (SSSR count). The van der Waals surface area contributed by atoms with Gasteiger partial charge in [-0.3, -0.25) is 65.7 Å². The number of aromatic hydroxyl groups is 2. The van der Waals surface area contributed by atoms with Crippen molar-refractivity contribution in [2.45, 2.75) is 25.2 Å². The van der Waals surface area contributed by atoms with Crippen LogP contribution in [0.25, 0.3) is 0 Å². The molecule has 1 heterocycles. The first-order valence-electron chi connectivity index (χ1n) is 16.8. The number of benzene rings is 4. The second kappa shape index (κ2) is 21.8. The molecular weight excluding hydrogens is 819 g/mol. The van der Waals surface area contributed by atoms with Crippen molar-refractivity contribution in [3.63, 3.8) is 0 Å². The normalized spacial score (nSPS) is 10.7. The van der Waals surface area contributed by atoms with Crippen LogP contribution in [0.1, 0.15) is 35.6 Å². The van der Waals surface area contributed by atoms with Crippen LogP contribution < -0.4 is 16.8 Å². The number of guanidine groups is 1. The minimum Gasteiger partial charge on any atom is -0.497 e. The summed E-state index contributed by atoms with van der Waals surface area (Å²) in [6.07, 6.45) is 2.72. The van der Waals surface area contributed by atoms with E-state index in [1.165, 1.54) is 22.5 Å². The molecule has 26 heteroatoms. The van der Waals surface area contributed by atoms with Crippen LogP contribution in [0.4, 0.5) is 39.3 Å². The van der Waals surface area contributed by atoms with Crippen LogP contribution in [-0.2, 0) is 6.42 Å². The highest BCUT2D eigenvalue weighted by Crippen LogP contribution is 2.40. The van der Waals surface area contributed by atoms with Crippen LogP contribution in [0.5, 0.6) is 11.5 Å². The first-order chi connectivity index (χ1) is 28.4. The Morgan fingerprint density at radius 1 is 0.683 bits per heavy atom. The Morgan fingerprint density at radius 3 is 1.42 bits per heavy atom. The Bertz CT molecular complexity index is 2180. The number of aliphatic imine (C=N–C) groups is 1. The van der Waals surface area contributed by atoms with Gasteiger partial charge in [0.05, 0.1) is 59.5 Å². The second-order valence-electron chi connectivity index (χ2n) is 11.8. The van der Waals surface area contributed by atoms with E-state index >= 15 is 0 Å². The zero-order valence-electron chi connectivity index (χ0n) is 30.7. The fraction of sp³-hybridized carbons (Fsp3) is 0.176. The van der Waals surface area contributed by atoms with Crippen LogP contribution in [0.2, 0.25) is 0 Å². The third-order valence-electron chi connectivity index (χ3n) is 7.90. The number of nitro groups is 6. The van der Waals surface area contributed by atoms with E-state index in [-0.39, 0.29) is 0 Å². The molecule has 0 aliphatic heterocycles. The van der Waals surface area contributed by atoms with Gasteiger partial charge in [0.15, 0.2) is 11.1 Å². The number of phenolic OH excluding ortho intramolecular Hbond substituents is 2. The summed E-state index contributed by atoms with van der Waals surface area (Å²) in [5.41, 5.74) is 9.32. The zero-order valence-corrected chi connectivity index (χ0v) is 31.5. The SMILES string of the molecule is NC(=NCCCc1csc(N)n1)NCCC(c1ccccc1)c1ccccc1.O=[N+]([O-])c1cc([N+](=O)[O-])c(O)c([N+](=O)[O-])c1.O=[N+]([O-])c1cc([N+](=O)[O-])c(O)c([N+](=O)[O-])c1. The highest BCUT2D eigenvalue weighted by Gasteiger charge is 2.31. The van der Waals surface area contributed by atoms with E-state index in [2.05, 4.69) is 76.0 Å². The lowest BCUT2D eigenvalue weighted by Crippen LogP contribution is -2.33. The van der Waals surface area contributed by atoms with Crippen molar-refractivity contribution in [2.75, 3.05) is 18.8 Å². The first kappa shape index (κ1) is 46.0. The third-order valence-corrected chi connectivity index (χ3v) is 8.63. The van der Waals surface area contributed by atoms with E-state index in [9.17, 15) is 60.7 Å². The Hall–Kier alpha value is -8.42. The molecule has 25 nitrogen and oxygen atoms in total. The maximum absolute atomic E-state index is 10.4. The van der Waals surface area contributed by atoms with Gasteiger partial charge in [0, 0.05) is 24.4 Å². The van der Waals surface area contributed by atoms with Crippen molar-refractivity contribution in [1.82, 2.24) is 10.3 Å². The first-order valence-corrected chi connectivity index (χ1v) is 17.7. The third kappa shape index (κ3) is 13.4. The number of nitrogens with two attached hydrogens (primary N) is 2. The molecule has 4 aromatic carbocycles. The highest BCUT2D eigenvalue weighted by molar-refractivity contribution is 7.13. The number of nitro benzene ring substituents is 6. The molecule has 0 atom stereocenters. The lowest BCUT2D eigenvalue weighted by Gasteiger charge is -2.18. The Balaban J connectivity index is 0.000000258. The Kier molecular flexibility index (Phi) is 16.7. The summed E-state index contributed by atoms with van der Waals surface area (Å²) in [4.78, 5) is 64.2. The number of hydrogen-bond donors (Lipinski definition) is 5. The molecule has 1 aromatic heterocycles. The number of non-ortho nitro benzene ring substituents is 2. The summed E-state index contributed by atoms with van der Waals surface area (Å²) in [6, 6.07) is 23.0. The number of aryl methyl sites for hydroxylation is 1. The van der Waals surface area contributed by atoms with Gasteiger partial charge in [-0.25, -0.2) is 4.98 Å². The van der Waals surface area contributed by atoms with Gasteiger partial charge in [0.25, 0.3) is 22.9 Å². The fourth-order valence-corrected chi connectivity index (χ4v) is 5.74. The summed E-state index contributed by atoms with van der Waals surface area (Å²) in [5.74, 6) is -1.59. The lowest BCUT2D eigenvalue weighted by atomic mass is 9.88. The van der Waals surface area contributed by atoms with Crippen molar-refractivity contribution in [3.05, 3.63) is 168 Å². The molecule has 7 N–H and O–H groups in total. The number of nitrogen functional groups attached to an aromatic ring is 1. The van der Waals surface area contributed by atoms with Gasteiger partial charge >= 0.3 is 22.7 Å². The number of aromatic nitrogens is 1. The average molecular weight is 852 g/mol. The number of rotatable bonds is 15. The van der Waals surface area contributed by atoms with Gasteiger partial charge in [0.2, 0.25) is 0 Å². The number of thiazole rings is 1. The number of nitrogens with one attached hydrogen (secondary N) is 1. The number of phenols is 2. The Labute approximate surface area is 340 Å². The van der Waals surface area contributed by atoms with E-state index < -0.39 is 75.2 Å². The zero-order chi connectivity index (χ0) is 44.5. The summed E-state index contributed by atoms with van der Waals surface area (Å²) in [7, 11) is 0. The topological polar surface area (TPSA) is 389 Å². The fourth-order valence-electron chi connectivity index (χ4n) is 5.14.